The minimum Gasteiger partial charge on any atom is -0.493 e. The molecule has 3 aromatic carbocycles. The van der Waals surface area contributed by atoms with Crippen molar-refractivity contribution in [3.05, 3.63) is 83.4 Å². The fourth-order valence-corrected chi connectivity index (χ4v) is 3.73. The molecule has 0 aliphatic carbocycles. The molecule has 1 amide bonds. The van der Waals surface area contributed by atoms with Crippen molar-refractivity contribution in [2.75, 3.05) is 27.6 Å². The molecule has 1 heterocycles. The first-order chi connectivity index (χ1) is 15.7. The Kier molecular flexibility index (Phi) is 6.80. The smallest absolute Gasteiger partial charge is 0.231 e. The van der Waals surface area contributed by atoms with Gasteiger partial charge in [-0.1, -0.05) is 42.5 Å². The molecule has 166 valence electrons. The molecule has 0 N–H and O–H groups in total. The normalized spacial score (nSPS) is 11.8. The fourth-order valence-electron chi connectivity index (χ4n) is 3.73. The molecule has 0 bridgehead atoms. The van der Waals surface area contributed by atoms with E-state index in [1.807, 2.05) is 71.6 Å². The van der Waals surface area contributed by atoms with Crippen LogP contribution in [-0.4, -0.2) is 38.4 Å². The first kappa shape index (κ1) is 21.6. The number of hydrogen-bond donors (Lipinski definition) is 0. The number of fused-ring (bicyclic) bond motifs is 1. The average Bonchev–Trinajstić information content (AvgIpc) is 3.30. The van der Waals surface area contributed by atoms with Crippen LogP contribution in [0.15, 0.2) is 66.7 Å². The molecule has 4 rings (SSSR count). The molecule has 0 spiro atoms. The van der Waals surface area contributed by atoms with E-state index in [0.29, 0.717) is 37.4 Å². The number of rotatable bonds is 9. The zero-order chi connectivity index (χ0) is 22.3. The second-order valence-corrected chi connectivity index (χ2v) is 7.60. The standard InChI is InChI=1S/C26H27NO5/c1-29-22-10-8-20(14-24(22)30-2)12-13-27(26(28)16-19-6-4-3-5-7-19)17-21-9-11-23-25(15-21)32-18-31-23/h3-11,14-15H,12-13,16-18H2,1-2H3. The van der Waals surface area contributed by atoms with Gasteiger partial charge in [0.1, 0.15) is 0 Å². The Morgan fingerprint density at radius 1 is 0.844 bits per heavy atom. The quantitative estimate of drug-likeness (QED) is 0.505. The van der Waals surface area contributed by atoms with Crippen LogP contribution in [0.3, 0.4) is 0 Å². The predicted molar refractivity (Wildman–Crippen MR) is 121 cm³/mol. The van der Waals surface area contributed by atoms with Crippen LogP contribution >= 0.6 is 0 Å². The fraction of sp³-hybridized carbons (Fsp3) is 0.269. The highest BCUT2D eigenvalue weighted by Crippen LogP contribution is 2.33. The first-order valence-corrected chi connectivity index (χ1v) is 10.6. The lowest BCUT2D eigenvalue weighted by Gasteiger charge is -2.23. The molecule has 3 aromatic rings. The number of ether oxygens (including phenoxy) is 4. The molecule has 6 heteroatoms. The number of nitrogens with zero attached hydrogens (tertiary/aromatic N) is 1. The van der Waals surface area contributed by atoms with E-state index in [9.17, 15) is 4.79 Å². The van der Waals surface area contributed by atoms with Crippen LogP contribution < -0.4 is 18.9 Å². The van der Waals surface area contributed by atoms with Gasteiger partial charge in [-0.15, -0.1) is 0 Å². The average molecular weight is 434 g/mol. The summed E-state index contributed by atoms with van der Waals surface area (Å²) < 4.78 is 21.7. The first-order valence-electron chi connectivity index (χ1n) is 10.6. The number of hydrogen-bond acceptors (Lipinski definition) is 5. The maximum absolute atomic E-state index is 13.2. The summed E-state index contributed by atoms with van der Waals surface area (Å²) in [5.74, 6) is 2.91. The van der Waals surface area contributed by atoms with E-state index in [-0.39, 0.29) is 12.7 Å². The van der Waals surface area contributed by atoms with Gasteiger partial charge in [-0.3, -0.25) is 4.79 Å². The lowest BCUT2D eigenvalue weighted by molar-refractivity contribution is -0.131. The van der Waals surface area contributed by atoms with Crippen LogP contribution in [0.1, 0.15) is 16.7 Å². The maximum Gasteiger partial charge on any atom is 0.231 e. The summed E-state index contributed by atoms with van der Waals surface area (Å²) in [4.78, 5) is 15.1. The van der Waals surface area contributed by atoms with Gasteiger partial charge in [0.25, 0.3) is 0 Å². The number of amides is 1. The van der Waals surface area contributed by atoms with Crippen molar-refractivity contribution < 1.29 is 23.7 Å². The van der Waals surface area contributed by atoms with Crippen molar-refractivity contribution in [3.63, 3.8) is 0 Å². The Balaban J connectivity index is 1.50. The van der Waals surface area contributed by atoms with Crippen LogP contribution in [0, 0.1) is 0 Å². The van der Waals surface area contributed by atoms with Crippen molar-refractivity contribution in [2.24, 2.45) is 0 Å². The molecule has 0 radical (unpaired) electrons. The summed E-state index contributed by atoms with van der Waals surface area (Å²) in [6.07, 6.45) is 1.06. The largest absolute Gasteiger partial charge is 0.493 e. The summed E-state index contributed by atoms with van der Waals surface area (Å²) in [5, 5.41) is 0. The van der Waals surface area contributed by atoms with E-state index in [4.69, 9.17) is 18.9 Å². The lowest BCUT2D eigenvalue weighted by Crippen LogP contribution is -2.33. The van der Waals surface area contributed by atoms with Crippen LogP contribution in [0.4, 0.5) is 0 Å². The second kappa shape index (κ2) is 10.1. The maximum atomic E-state index is 13.2. The van der Waals surface area contributed by atoms with Gasteiger partial charge in [-0.2, -0.15) is 0 Å². The Hall–Kier alpha value is -3.67. The molecule has 0 saturated carbocycles. The zero-order valence-electron chi connectivity index (χ0n) is 18.4. The molecule has 0 aromatic heterocycles. The van der Waals surface area contributed by atoms with Gasteiger partial charge in [-0.05, 0) is 47.4 Å². The van der Waals surface area contributed by atoms with Gasteiger partial charge in [-0.25, -0.2) is 0 Å². The van der Waals surface area contributed by atoms with Crippen molar-refractivity contribution in [1.29, 1.82) is 0 Å². The zero-order valence-corrected chi connectivity index (χ0v) is 18.4. The summed E-state index contributed by atoms with van der Waals surface area (Å²) in [7, 11) is 3.24. The van der Waals surface area contributed by atoms with E-state index in [1.54, 1.807) is 14.2 Å². The second-order valence-electron chi connectivity index (χ2n) is 7.60. The van der Waals surface area contributed by atoms with Gasteiger partial charge in [0.2, 0.25) is 12.7 Å². The molecule has 6 nitrogen and oxygen atoms in total. The minimum atomic E-state index is 0.0781. The highest BCUT2D eigenvalue weighted by molar-refractivity contribution is 5.78. The van der Waals surface area contributed by atoms with Crippen molar-refractivity contribution in [2.45, 2.75) is 19.4 Å². The number of carbonyl (C=O) groups is 1. The summed E-state index contributed by atoms with van der Waals surface area (Å²) in [6.45, 7) is 1.31. The van der Waals surface area contributed by atoms with Crippen molar-refractivity contribution in [3.8, 4) is 23.0 Å². The van der Waals surface area contributed by atoms with E-state index >= 15 is 0 Å². The van der Waals surface area contributed by atoms with Gasteiger partial charge in [0, 0.05) is 13.1 Å². The Labute approximate surface area is 188 Å². The molecular formula is C26H27NO5. The third kappa shape index (κ3) is 5.14. The van der Waals surface area contributed by atoms with Gasteiger partial charge < -0.3 is 23.8 Å². The third-order valence-electron chi connectivity index (χ3n) is 5.48. The molecule has 1 aliphatic rings. The Morgan fingerprint density at radius 2 is 1.59 bits per heavy atom. The molecule has 32 heavy (non-hydrogen) atoms. The van der Waals surface area contributed by atoms with Crippen LogP contribution in [0.2, 0.25) is 0 Å². The lowest BCUT2D eigenvalue weighted by atomic mass is 10.1. The molecule has 0 fully saturated rings. The highest BCUT2D eigenvalue weighted by atomic mass is 16.7. The van der Waals surface area contributed by atoms with Crippen molar-refractivity contribution >= 4 is 5.91 Å². The summed E-state index contributed by atoms with van der Waals surface area (Å²) >= 11 is 0. The SMILES string of the molecule is COc1ccc(CCN(Cc2ccc3c(c2)OCO3)C(=O)Cc2ccccc2)cc1OC. The number of benzene rings is 3. The van der Waals surface area contributed by atoms with Gasteiger partial charge >= 0.3 is 0 Å². The van der Waals surface area contributed by atoms with E-state index in [1.165, 1.54) is 0 Å². The van der Waals surface area contributed by atoms with E-state index in [2.05, 4.69) is 0 Å². The highest BCUT2D eigenvalue weighted by Gasteiger charge is 2.18. The summed E-state index contributed by atoms with van der Waals surface area (Å²) in [6, 6.07) is 21.5. The third-order valence-corrected chi connectivity index (χ3v) is 5.48. The van der Waals surface area contributed by atoms with Crippen molar-refractivity contribution in [1.82, 2.24) is 4.90 Å². The summed E-state index contributed by atoms with van der Waals surface area (Å²) in [5.41, 5.74) is 3.08. The molecule has 0 atom stereocenters. The number of carbonyl (C=O) groups excluding carboxylic acids is 1. The van der Waals surface area contributed by atoms with Crippen LogP contribution in [0.5, 0.6) is 23.0 Å². The Morgan fingerprint density at radius 3 is 2.38 bits per heavy atom. The molecule has 0 saturated heterocycles. The molecule has 1 aliphatic heterocycles. The Bertz CT molecular complexity index is 1070. The van der Waals surface area contributed by atoms with Crippen LogP contribution in [-0.2, 0) is 24.2 Å². The topological polar surface area (TPSA) is 57.2 Å². The molecular weight excluding hydrogens is 406 g/mol. The predicted octanol–water partition coefficient (Wildman–Crippen LogP) is 4.25. The van der Waals surface area contributed by atoms with Gasteiger partial charge in [0.15, 0.2) is 23.0 Å². The van der Waals surface area contributed by atoms with Crippen LogP contribution in [0.25, 0.3) is 0 Å². The monoisotopic (exact) mass is 433 g/mol. The van der Waals surface area contributed by atoms with E-state index < -0.39 is 0 Å². The van der Waals surface area contributed by atoms with Gasteiger partial charge in [0.05, 0.1) is 20.6 Å². The van der Waals surface area contributed by atoms with E-state index in [0.717, 1.165) is 28.2 Å². The molecule has 0 unspecified atom stereocenters. The number of methoxy groups -OCH3 is 2. The minimum absolute atomic E-state index is 0.0781.